The lowest BCUT2D eigenvalue weighted by Crippen LogP contribution is -2.20. The lowest BCUT2D eigenvalue weighted by Gasteiger charge is -2.16. The average molecular weight is 233 g/mol. The number of carbonyl (C=O) groups is 2. The van der Waals surface area contributed by atoms with Crippen LogP contribution in [0.25, 0.3) is 0 Å². The Labute approximate surface area is 103 Å². The molecule has 0 saturated carbocycles. The summed E-state index contributed by atoms with van der Waals surface area (Å²) in [4.78, 5) is 24.5. The zero-order chi connectivity index (χ0) is 12.7. The first-order valence-electron chi connectivity index (χ1n) is 5.45. The average Bonchev–Trinajstić information content (AvgIpc) is 2.44. The van der Waals surface area contributed by atoms with Gasteiger partial charge in [-0.2, -0.15) is 5.26 Å². The van der Waals surface area contributed by atoms with Gasteiger partial charge in [0.2, 0.25) is 0 Å². The molecule has 0 fully saturated rings. The summed E-state index contributed by atoms with van der Waals surface area (Å²) >= 11 is 0. The normalized spacial score (nSPS) is 12.6. The van der Waals surface area contributed by atoms with Crippen molar-refractivity contribution in [1.29, 1.82) is 5.26 Å². The largest absolute Gasteiger partial charge is 0.289 e. The Kier molecular flexibility index (Phi) is 2.11. The molecule has 0 N–H and O–H groups in total. The number of rotatable bonds is 0. The highest BCUT2D eigenvalue weighted by molar-refractivity contribution is 6.28. The standard InChI is InChI=1S/C15H7NO2/c16-8-9-5-6-12-13(7-9)15(18)11-4-2-1-3-10(11)14(12)17/h1-7H. The number of ketones is 2. The molecular formula is C15H7NO2. The highest BCUT2D eigenvalue weighted by atomic mass is 16.1. The molecule has 18 heavy (non-hydrogen) atoms. The van der Waals surface area contributed by atoms with Crippen LogP contribution in [0.4, 0.5) is 0 Å². The van der Waals surface area contributed by atoms with E-state index in [-0.39, 0.29) is 11.6 Å². The maximum Gasteiger partial charge on any atom is 0.194 e. The van der Waals surface area contributed by atoms with E-state index < -0.39 is 0 Å². The molecule has 1 aliphatic rings. The van der Waals surface area contributed by atoms with Gasteiger partial charge in [0.25, 0.3) is 0 Å². The number of nitrogens with zero attached hydrogens (tertiary/aromatic N) is 1. The minimum Gasteiger partial charge on any atom is -0.289 e. The summed E-state index contributed by atoms with van der Waals surface area (Å²) in [6, 6.07) is 13.3. The van der Waals surface area contributed by atoms with Gasteiger partial charge in [0.15, 0.2) is 11.6 Å². The summed E-state index contributed by atoms with van der Waals surface area (Å²) in [6.07, 6.45) is 0. The van der Waals surface area contributed by atoms with E-state index in [0.717, 1.165) is 0 Å². The number of carbonyl (C=O) groups excluding carboxylic acids is 2. The van der Waals surface area contributed by atoms with Gasteiger partial charge in [0.05, 0.1) is 11.6 Å². The lowest BCUT2D eigenvalue weighted by molar-refractivity contribution is 0.0979. The third-order valence-electron chi connectivity index (χ3n) is 3.05. The molecule has 2 aromatic carbocycles. The summed E-state index contributed by atoms with van der Waals surface area (Å²) in [5.74, 6) is -0.359. The Morgan fingerprint density at radius 3 is 1.94 bits per heavy atom. The van der Waals surface area contributed by atoms with E-state index in [1.165, 1.54) is 6.07 Å². The van der Waals surface area contributed by atoms with Crippen LogP contribution < -0.4 is 0 Å². The SMILES string of the molecule is N#Cc1ccc2c(c1)C(=O)c1ccccc1C2=O. The fourth-order valence-corrected chi connectivity index (χ4v) is 2.17. The molecule has 0 bridgehead atoms. The second kappa shape index (κ2) is 3.64. The van der Waals surface area contributed by atoms with Gasteiger partial charge in [-0.15, -0.1) is 0 Å². The molecule has 0 atom stereocenters. The Balaban J connectivity index is 2.31. The molecule has 0 saturated heterocycles. The van der Waals surface area contributed by atoms with Crippen LogP contribution in [0, 0.1) is 11.3 Å². The van der Waals surface area contributed by atoms with Crippen LogP contribution in [0.5, 0.6) is 0 Å². The molecule has 2 aromatic rings. The topological polar surface area (TPSA) is 57.9 Å². The van der Waals surface area contributed by atoms with Crippen LogP contribution in [-0.4, -0.2) is 11.6 Å². The first kappa shape index (κ1) is 10.4. The fourth-order valence-electron chi connectivity index (χ4n) is 2.17. The number of hydrogen-bond donors (Lipinski definition) is 0. The van der Waals surface area contributed by atoms with Crippen LogP contribution >= 0.6 is 0 Å². The van der Waals surface area contributed by atoms with Crippen molar-refractivity contribution < 1.29 is 9.59 Å². The van der Waals surface area contributed by atoms with Crippen LogP contribution in [0.2, 0.25) is 0 Å². The van der Waals surface area contributed by atoms with Crippen LogP contribution in [0.15, 0.2) is 42.5 Å². The molecular weight excluding hydrogens is 226 g/mol. The number of hydrogen-bond acceptors (Lipinski definition) is 3. The van der Waals surface area contributed by atoms with Gasteiger partial charge >= 0.3 is 0 Å². The van der Waals surface area contributed by atoms with E-state index in [0.29, 0.717) is 27.8 Å². The van der Waals surface area contributed by atoms with Crippen molar-refractivity contribution in [3.63, 3.8) is 0 Å². The molecule has 0 radical (unpaired) electrons. The Bertz CT molecular complexity index is 738. The Hall–Kier alpha value is -2.73. The molecule has 3 rings (SSSR count). The number of benzene rings is 2. The van der Waals surface area contributed by atoms with Gasteiger partial charge in [-0.05, 0) is 18.2 Å². The van der Waals surface area contributed by atoms with Crippen molar-refractivity contribution in [3.05, 3.63) is 70.3 Å². The lowest BCUT2D eigenvalue weighted by atomic mass is 9.83. The first-order valence-corrected chi connectivity index (χ1v) is 5.45. The number of nitriles is 1. The number of fused-ring (bicyclic) bond motifs is 2. The molecule has 0 spiro atoms. The Morgan fingerprint density at radius 1 is 0.778 bits per heavy atom. The molecule has 0 aliphatic heterocycles. The third kappa shape index (κ3) is 1.30. The zero-order valence-corrected chi connectivity index (χ0v) is 9.31. The van der Waals surface area contributed by atoms with Crippen LogP contribution in [-0.2, 0) is 0 Å². The van der Waals surface area contributed by atoms with Crippen molar-refractivity contribution >= 4 is 11.6 Å². The monoisotopic (exact) mass is 233 g/mol. The van der Waals surface area contributed by atoms with Gasteiger partial charge in [-0.3, -0.25) is 9.59 Å². The van der Waals surface area contributed by atoms with Gasteiger partial charge < -0.3 is 0 Å². The summed E-state index contributed by atoms with van der Waals surface area (Å²) in [5, 5.41) is 8.84. The molecule has 3 heteroatoms. The highest BCUT2D eigenvalue weighted by Gasteiger charge is 2.29. The molecule has 1 aliphatic carbocycles. The molecule has 3 nitrogen and oxygen atoms in total. The second-order valence-electron chi connectivity index (χ2n) is 4.08. The van der Waals surface area contributed by atoms with Gasteiger partial charge in [-0.25, -0.2) is 0 Å². The molecule has 0 heterocycles. The van der Waals surface area contributed by atoms with Crippen molar-refractivity contribution in [2.45, 2.75) is 0 Å². The van der Waals surface area contributed by atoms with Crippen LogP contribution in [0.1, 0.15) is 37.4 Å². The van der Waals surface area contributed by atoms with Crippen molar-refractivity contribution in [3.8, 4) is 6.07 Å². The first-order chi connectivity index (χ1) is 8.72. The molecule has 0 amide bonds. The predicted octanol–water partition coefficient (Wildman–Crippen LogP) is 2.33. The summed E-state index contributed by atoms with van der Waals surface area (Å²) in [6.45, 7) is 0. The van der Waals surface area contributed by atoms with Gasteiger partial charge in [0, 0.05) is 22.3 Å². The third-order valence-corrected chi connectivity index (χ3v) is 3.05. The summed E-state index contributed by atoms with van der Waals surface area (Å²) in [7, 11) is 0. The second-order valence-corrected chi connectivity index (χ2v) is 4.08. The van der Waals surface area contributed by atoms with E-state index in [1.807, 2.05) is 6.07 Å². The van der Waals surface area contributed by atoms with Gasteiger partial charge in [-0.1, -0.05) is 24.3 Å². The van der Waals surface area contributed by atoms with Gasteiger partial charge in [0.1, 0.15) is 0 Å². The maximum absolute atomic E-state index is 12.3. The highest BCUT2D eigenvalue weighted by Crippen LogP contribution is 2.27. The van der Waals surface area contributed by atoms with E-state index >= 15 is 0 Å². The van der Waals surface area contributed by atoms with Crippen molar-refractivity contribution in [1.82, 2.24) is 0 Å². The Morgan fingerprint density at radius 2 is 1.33 bits per heavy atom. The van der Waals surface area contributed by atoms with Crippen molar-refractivity contribution in [2.75, 3.05) is 0 Å². The van der Waals surface area contributed by atoms with E-state index in [9.17, 15) is 9.59 Å². The van der Waals surface area contributed by atoms with E-state index in [4.69, 9.17) is 5.26 Å². The summed E-state index contributed by atoms with van der Waals surface area (Å²) < 4.78 is 0. The molecule has 0 unspecified atom stereocenters. The zero-order valence-electron chi connectivity index (χ0n) is 9.31. The predicted molar refractivity (Wildman–Crippen MR) is 64.5 cm³/mol. The van der Waals surface area contributed by atoms with Crippen LogP contribution in [0.3, 0.4) is 0 Å². The fraction of sp³-hybridized carbons (Fsp3) is 0. The van der Waals surface area contributed by atoms with E-state index in [1.54, 1.807) is 36.4 Å². The quantitative estimate of drug-likeness (QED) is 0.598. The molecule has 84 valence electrons. The summed E-state index contributed by atoms with van der Waals surface area (Å²) in [5.41, 5.74) is 1.91. The smallest absolute Gasteiger partial charge is 0.194 e. The minimum absolute atomic E-state index is 0.162. The maximum atomic E-state index is 12.3. The van der Waals surface area contributed by atoms with E-state index in [2.05, 4.69) is 0 Å². The van der Waals surface area contributed by atoms with Crippen molar-refractivity contribution in [2.24, 2.45) is 0 Å². The minimum atomic E-state index is -0.197. The molecule has 0 aromatic heterocycles.